The van der Waals surface area contributed by atoms with Gasteiger partial charge in [0.2, 0.25) is 10.0 Å². The van der Waals surface area contributed by atoms with E-state index < -0.39 is 15.6 Å². The van der Waals surface area contributed by atoms with E-state index in [-0.39, 0.29) is 4.90 Å². The summed E-state index contributed by atoms with van der Waals surface area (Å²) < 4.78 is 28.4. The summed E-state index contributed by atoms with van der Waals surface area (Å²) in [6, 6.07) is 9.79. The molecule has 1 aliphatic carbocycles. The average molecular weight is 305 g/mol. The lowest BCUT2D eigenvalue weighted by Gasteiger charge is -2.42. The number of rotatable bonds is 4. The highest BCUT2D eigenvalue weighted by Gasteiger charge is 2.43. The number of nitrogens with one attached hydrogen (secondary N) is 2. The maximum atomic E-state index is 12.7. The highest BCUT2D eigenvalue weighted by molar-refractivity contribution is 7.89. The van der Waals surface area contributed by atoms with E-state index >= 15 is 0 Å². The van der Waals surface area contributed by atoms with E-state index in [1.807, 2.05) is 30.3 Å². The summed E-state index contributed by atoms with van der Waals surface area (Å²) in [6.07, 6.45) is 2.68. The van der Waals surface area contributed by atoms with Crippen molar-refractivity contribution in [1.29, 1.82) is 0 Å². The van der Waals surface area contributed by atoms with Crippen LogP contribution in [0.3, 0.4) is 0 Å². The van der Waals surface area contributed by atoms with Crippen molar-refractivity contribution in [3.05, 3.63) is 47.3 Å². The number of H-pyrrole nitrogens is 1. The number of aryl methyl sites for hydroxylation is 2. The van der Waals surface area contributed by atoms with Crippen LogP contribution >= 0.6 is 0 Å². The Labute approximate surface area is 124 Å². The van der Waals surface area contributed by atoms with Crippen LogP contribution in [0.2, 0.25) is 0 Å². The molecule has 0 spiro atoms. The van der Waals surface area contributed by atoms with Crippen LogP contribution in [0.25, 0.3) is 0 Å². The van der Waals surface area contributed by atoms with Gasteiger partial charge in [-0.3, -0.25) is 5.10 Å². The van der Waals surface area contributed by atoms with Crippen molar-refractivity contribution in [3.63, 3.8) is 0 Å². The maximum Gasteiger partial charge on any atom is 0.245 e. The molecule has 6 heteroatoms. The Morgan fingerprint density at radius 1 is 1.19 bits per heavy atom. The molecule has 2 aromatic rings. The van der Waals surface area contributed by atoms with Crippen LogP contribution < -0.4 is 4.72 Å². The average Bonchev–Trinajstić information content (AvgIpc) is 2.75. The molecule has 0 saturated heterocycles. The van der Waals surface area contributed by atoms with Crippen LogP contribution in [-0.2, 0) is 15.6 Å². The number of aromatic nitrogens is 2. The summed E-state index contributed by atoms with van der Waals surface area (Å²) in [7, 11) is -3.59. The molecule has 1 fully saturated rings. The summed E-state index contributed by atoms with van der Waals surface area (Å²) in [6.45, 7) is 3.43. The van der Waals surface area contributed by atoms with E-state index in [4.69, 9.17) is 0 Å². The van der Waals surface area contributed by atoms with E-state index in [0.29, 0.717) is 11.4 Å². The Hall–Kier alpha value is -1.66. The van der Waals surface area contributed by atoms with Gasteiger partial charge in [-0.1, -0.05) is 30.3 Å². The van der Waals surface area contributed by atoms with Crippen LogP contribution in [0.5, 0.6) is 0 Å². The zero-order valence-corrected chi connectivity index (χ0v) is 13.0. The smallest absolute Gasteiger partial charge is 0.245 e. The largest absolute Gasteiger partial charge is 0.281 e. The number of hydrogen-bond acceptors (Lipinski definition) is 3. The summed E-state index contributed by atoms with van der Waals surface area (Å²) in [5, 5.41) is 6.72. The second kappa shape index (κ2) is 4.96. The molecular weight excluding hydrogens is 286 g/mol. The number of hydrogen-bond donors (Lipinski definition) is 2. The molecule has 0 radical (unpaired) electrons. The molecular formula is C15H19N3O2S. The monoisotopic (exact) mass is 305 g/mol. The molecule has 2 N–H and O–H groups in total. The van der Waals surface area contributed by atoms with Crippen molar-refractivity contribution in [2.45, 2.75) is 43.5 Å². The van der Waals surface area contributed by atoms with Crippen molar-refractivity contribution >= 4 is 10.0 Å². The Balaban J connectivity index is 1.98. The fraction of sp³-hybridized carbons (Fsp3) is 0.400. The van der Waals surface area contributed by atoms with E-state index in [9.17, 15) is 8.42 Å². The van der Waals surface area contributed by atoms with Gasteiger partial charge in [-0.05, 0) is 38.7 Å². The van der Waals surface area contributed by atoms with Crippen LogP contribution in [0, 0.1) is 13.8 Å². The lowest BCUT2D eigenvalue weighted by atomic mass is 9.73. The normalized spacial score (nSPS) is 17.4. The van der Waals surface area contributed by atoms with Crippen molar-refractivity contribution in [1.82, 2.24) is 14.9 Å². The second-order valence-corrected chi connectivity index (χ2v) is 7.29. The molecule has 1 aromatic heterocycles. The minimum absolute atomic E-state index is 0.268. The zero-order chi connectivity index (χ0) is 15.1. The van der Waals surface area contributed by atoms with Gasteiger partial charge in [-0.15, -0.1) is 0 Å². The fourth-order valence-corrected chi connectivity index (χ4v) is 4.80. The zero-order valence-electron chi connectivity index (χ0n) is 12.2. The van der Waals surface area contributed by atoms with Crippen LogP contribution in [0.1, 0.15) is 36.2 Å². The number of nitrogens with zero attached hydrogens (tertiary/aromatic N) is 1. The first-order chi connectivity index (χ1) is 9.95. The predicted octanol–water partition coefficient (Wildman–Crippen LogP) is 2.38. The molecule has 1 saturated carbocycles. The quantitative estimate of drug-likeness (QED) is 0.910. The lowest BCUT2D eigenvalue weighted by Crippen LogP contribution is -2.50. The van der Waals surface area contributed by atoms with Gasteiger partial charge >= 0.3 is 0 Å². The van der Waals surface area contributed by atoms with Crippen molar-refractivity contribution < 1.29 is 8.42 Å². The summed E-state index contributed by atoms with van der Waals surface area (Å²) in [5.41, 5.74) is 1.62. The van der Waals surface area contributed by atoms with Crippen molar-refractivity contribution in [2.24, 2.45) is 0 Å². The molecule has 3 rings (SSSR count). The van der Waals surface area contributed by atoms with Crippen molar-refractivity contribution in [2.75, 3.05) is 0 Å². The Morgan fingerprint density at radius 3 is 2.33 bits per heavy atom. The summed E-state index contributed by atoms with van der Waals surface area (Å²) >= 11 is 0. The van der Waals surface area contributed by atoms with Crippen LogP contribution in [-0.4, -0.2) is 18.6 Å². The number of benzene rings is 1. The predicted molar refractivity (Wildman–Crippen MR) is 80.4 cm³/mol. The maximum absolute atomic E-state index is 12.7. The first kappa shape index (κ1) is 14.3. The molecule has 1 heterocycles. The van der Waals surface area contributed by atoms with Crippen LogP contribution in [0.15, 0.2) is 35.2 Å². The van der Waals surface area contributed by atoms with Crippen molar-refractivity contribution in [3.8, 4) is 0 Å². The SMILES string of the molecule is Cc1n[nH]c(C)c1S(=O)(=O)NC1(c2ccccc2)CCC1. The van der Waals surface area contributed by atoms with Gasteiger partial charge in [0.25, 0.3) is 0 Å². The van der Waals surface area contributed by atoms with E-state index in [0.717, 1.165) is 24.8 Å². The Morgan fingerprint density at radius 2 is 1.86 bits per heavy atom. The van der Waals surface area contributed by atoms with Gasteiger partial charge in [0, 0.05) is 0 Å². The van der Waals surface area contributed by atoms with E-state index in [1.165, 1.54) is 0 Å². The molecule has 0 bridgehead atoms. The standard InChI is InChI=1S/C15H19N3O2S/c1-11-14(12(2)17-16-11)21(19,20)18-15(9-6-10-15)13-7-4-3-5-8-13/h3-5,7-8,18H,6,9-10H2,1-2H3,(H,16,17). The van der Waals surface area contributed by atoms with Gasteiger partial charge in [-0.25, -0.2) is 13.1 Å². The van der Waals surface area contributed by atoms with Crippen LogP contribution in [0.4, 0.5) is 0 Å². The van der Waals surface area contributed by atoms with E-state index in [1.54, 1.807) is 13.8 Å². The van der Waals surface area contributed by atoms with Gasteiger partial charge in [0.05, 0.1) is 16.9 Å². The second-order valence-electron chi connectivity index (χ2n) is 5.67. The molecule has 5 nitrogen and oxygen atoms in total. The Kier molecular flexibility index (Phi) is 3.37. The molecule has 0 unspecified atom stereocenters. The third kappa shape index (κ3) is 2.38. The molecule has 1 aromatic carbocycles. The molecule has 1 aliphatic rings. The fourth-order valence-electron chi connectivity index (χ4n) is 2.98. The molecule has 0 aliphatic heterocycles. The number of sulfonamides is 1. The summed E-state index contributed by atoms with van der Waals surface area (Å²) in [4.78, 5) is 0.268. The lowest BCUT2D eigenvalue weighted by molar-refractivity contribution is 0.224. The van der Waals surface area contributed by atoms with Gasteiger partial charge in [-0.2, -0.15) is 5.10 Å². The number of aromatic amines is 1. The molecule has 0 atom stereocenters. The first-order valence-corrected chi connectivity index (χ1v) is 8.54. The molecule has 0 amide bonds. The van der Waals surface area contributed by atoms with Gasteiger partial charge in [0.15, 0.2) is 0 Å². The van der Waals surface area contributed by atoms with Gasteiger partial charge in [0.1, 0.15) is 4.90 Å². The molecule has 21 heavy (non-hydrogen) atoms. The van der Waals surface area contributed by atoms with Gasteiger partial charge < -0.3 is 0 Å². The molecule has 112 valence electrons. The minimum Gasteiger partial charge on any atom is -0.281 e. The minimum atomic E-state index is -3.59. The Bertz CT molecular complexity index is 727. The topological polar surface area (TPSA) is 74.8 Å². The first-order valence-electron chi connectivity index (χ1n) is 7.06. The highest BCUT2D eigenvalue weighted by atomic mass is 32.2. The highest BCUT2D eigenvalue weighted by Crippen LogP contribution is 2.42. The summed E-state index contributed by atoms with van der Waals surface area (Å²) in [5.74, 6) is 0. The third-order valence-electron chi connectivity index (χ3n) is 4.19. The third-order valence-corrected chi connectivity index (χ3v) is 5.99. The van der Waals surface area contributed by atoms with E-state index in [2.05, 4.69) is 14.9 Å².